The fraction of sp³-hybridized carbons (Fsp3) is 0.317. The number of fused-ring (bicyclic) bond motifs is 2. The Bertz CT molecular complexity index is 2010. The van der Waals surface area contributed by atoms with Gasteiger partial charge in [0.15, 0.2) is 23.1 Å². The standard InChI is InChI=1S/C21H19F5O.C20H17F5O/c1-2-3-4-13-5-8-16(18(22)11-13)14-6-9-17-15(12-14)7-10-19(20(17)23)27-21(24,25)26;1-2-3-12-4-7-15(17(21)10-12)13-5-8-16-14(11-13)6-9-18(19(16)22)26-20(23,24)25/h5-8,10-11H,2-4,9,12H2,1H3;4-7,9-10H,2-3,8,11H2,1H3. The largest absolute Gasteiger partial charge is 0.573 e. The van der Waals surface area contributed by atoms with Crippen LogP contribution in [-0.4, -0.2) is 12.7 Å². The Morgan fingerprint density at radius 3 is 1.36 bits per heavy atom. The smallest absolute Gasteiger partial charge is 0.403 e. The first kappa shape index (κ1) is 39.5. The maximum Gasteiger partial charge on any atom is 0.573 e. The molecular formula is C41H36F10O2. The van der Waals surface area contributed by atoms with Gasteiger partial charge in [-0.15, -0.1) is 26.3 Å². The molecule has 0 aromatic heterocycles. The zero-order chi connectivity index (χ0) is 38.5. The molecule has 282 valence electrons. The van der Waals surface area contributed by atoms with Crippen molar-refractivity contribution in [2.45, 2.75) is 84.4 Å². The van der Waals surface area contributed by atoms with Crippen LogP contribution in [0.4, 0.5) is 43.9 Å². The number of unbranched alkanes of at least 4 members (excludes halogenated alkanes) is 1. The molecular weight excluding hydrogens is 714 g/mol. The average molecular weight is 751 g/mol. The molecule has 0 heterocycles. The van der Waals surface area contributed by atoms with Crippen LogP contribution in [0.2, 0.25) is 0 Å². The quantitative estimate of drug-likeness (QED) is 0.159. The number of hydrogen-bond acceptors (Lipinski definition) is 2. The van der Waals surface area contributed by atoms with Crippen LogP contribution in [0.3, 0.4) is 0 Å². The highest BCUT2D eigenvalue weighted by molar-refractivity contribution is 5.72. The van der Waals surface area contributed by atoms with Gasteiger partial charge in [-0.2, -0.15) is 0 Å². The predicted molar refractivity (Wildman–Crippen MR) is 182 cm³/mol. The van der Waals surface area contributed by atoms with Crippen LogP contribution >= 0.6 is 0 Å². The minimum absolute atomic E-state index is 0.0850. The summed E-state index contributed by atoms with van der Waals surface area (Å²) in [7, 11) is 0. The van der Waals surface area contributed by atoms with Crippen molar-refractivity contribution in [1.29, 1.82) is 0 Å². The third-order valence-corrected chi connectivity index (χ3v) is 9.04. The number of halogens is 10. The normalized spacial score (nSPS) is 14.0. The van der Waals surface area contributed by atoms with Crippen molar-refractivity contribution >= 4 is 11.1 Å². The molecule has 6 rings (SSSR count). The van der Waals surface area contributed by atoms with E-state index in [1.165, 1.54) is 24.3 Å². The van der Waals surface area contributed by atoms with Crippen molar-refractivity contribution in [3.05, 3.63) is 141 Å². The molecule has 0 aliphatic heterocycles. The lowest BCUT2D eigenvalue weighted by Gasteiger charge is -2.20. The molecule has 0 saturated carbocycles. The molecule has 2 nitrogen and oxygen atoms in total. The lowest BCUT2D eigenvalue weighted by molar-refractivity contribution is -0.276. The molecule has 4 aromatic rings. The summed E-state index contributed by atoms with van der Waals surface area (Å²) in [5, 5.41) is 0. The Hall–Kier alpha value is -4.74. The molecule has 0 unspecified atom stereocenters. The minimum Gasteiger partial charge on any atom is -0.403 e. The first-order chi connectivity index (χ1) is 25.1. The SMILES string of the molecule is CCCCc1ccc(C2=CCc3c(ccc(OC(F)(F)F)c3F)C2)c(F)c1.CCCc1ccc(C2=CCc3c(ccc(OC(F)(F)F)c3F)C2)c(F)c1. The molecule has 0 bridgehead atoms. The Kier molecular flexibility index (Phi) is 12.3. The van der Waals surface area contributed by atoms with E-state index in [0.29, 0.717) is 33.4 Å². The summed E-state index contributed by atoms with van der Waals surface area (Å²) in [6, 6.07) is 14.9. The highest BCUT2D eigenvalue weighted by atomic mass is 19.4. The molecule has 0 fully saturated rings. The first-order valence-electron chi connectivity index (χ1n) is 17.1. The molecule has 0 amide bonds. The first-order valence-corrected chi connectivity index (χ1v) is 17.1. The van der Waals surface area contributed by atoms with Crippen LogP contribution in [0, 0.1) is 23.3 Å². The van der Waals surface area contributed by atoms with Crippen molar-refractivity contribution in [2.24, 2.45) is 0 Å². The van der Waals surface area contributed by atoms with E-state index in [-0.39, 0.29) is 48.4 Å². The third kappa shape index (κ3) is 10.0. The maximum absolute atomic E-state index is 14.5. The molecule has 12 heteroatoms. The molecule has 53 heavy (non-hydrogen) atoms. The second kappa shape index (κ2) is 16.5. The van der Waals surface area contributed by atoms with Gasteiger partial charge in [-0.25, -0.2) is 17.6 Å². The molecule has 0 atom stereocenters. The lowest BCUT2D eigenvalue weighted by atomic mass is 9.87. The summed E-state index contributed by atoms with van der Waals surface area (Å²) >= 11 is 0. The van der Waals surface area contributed by atoms with Crippen LogP contribution in [-0.2, 0) is 38.5 Å². The molecule has 2 aliphatic rings. The highest BCUT2D eigenvalue weighted by Gasteiger charge is 2.34. The number of alkyl halides is 6. The Morgan fingerprint density at radius 2 is 0.981 bits per heavy atom. The van der Waals surface area contributed by atoms with Gasteiger partial charge in [0.25, 0.3) is 0 Å². The van der Waals surface area contributed by atoms with E-state index in [0.717, 1.165) is 55.4 Å². The molecule has 4 aromatic carbocycles. The average Bonchev–Trinajstić information content (AvgIpc) is 3.09. The van der Waals surface area contributed by atoms with Crippen LogP contribution in [0.5, 0.6) is 11.5 Å². The van der Waals surface area contributed by atoms with Crippen LogP contribution in [0.1, 0.15) is 77.6 Å². The van der Waals surface area contributed by atoms with Gasteiger partial charge in [-0.05, 0) is 114 Å². The van der Waals surface area contributed by atoms with Gasteiger partial charge in [0.1, 0.15) is 11.6 Å². The number of hydrogen-bond donors (Lipinski definition) is 0. The van der Waals surface area contributed by atoms with Crippen LogP contribution < -0.4 is 9.47 Å². The molecule has 0 N–H and O–H groups in total. The Morgan fingerprint density at radius 1 is 0.547 bits per heavy atom. The monoisotopic (exact) mass is 750 g/mol. The molecule has 0 radical (unpaired) electrons. The number of benzene rings is 4. The second-order valence-electron chi connectivity index (χ2n) is 12.8. The number of rotatable bonds is 9. The van der Waals surface area contributed by atoms with Gasteiger partial charge in [-0.1, -0.05) is 75.2 Å². The summed E-state index contributed by atoms with van der Waals surface area (Å²) < 4.78 is 139. The number of ether oxygens (including phenoxy) is 2. The van der Waals surface area contributed by atoms with Gasteiger partial charge in [0.05, 0.1) is 0 Å². The fourth-order valence-corrected chi connectivity index (χ4v) is 6.49. The molecule has 0 saturated heterocycles. The van der Waals surface area contributed by atoms with E-state index >= 15 is 0 Å². The van der Waals surface area contributed by atoms with Crippen molar-refractivity contribution in [3.8, 4) is 11.5 Å². The zero-order valence-electron chi connectivity index (χ0n) is 28.9. The van der Waals surface area contributed by atoms with E-state index in [4.69, 9.17) is 0 Å². The summed E-state index contributed by atoms with van der Waals surface area (Å²) in [4.78, 5) is 0. The van der Waals surface area contributed by atoms with Crippen molar-refractivity contribution in [2.75, 3.05) is 0 Å². The summed E-state index contributed by atoms with van der Waals surface area (Å²) in [6.45, 7) is 4.08. The van der Waals surface area contributed by atoms with E-state index in [1.807, 2.05) is 19.1 Å². The van der Waals surface area contributed by atoms with Crippen molar-refractivity contribution in [1.82, 2.24) is 0 Å². The molecule has 0 spiro atoms. The summed E-state index contributed by atoms with van der Waals surface area (Å²) in [5.74, 6) is -4.41. The number of allylic oxidation sites excluding steroid dienone is 4. The van der Waals surface area contributed by atoms with Crippen molar-refractivity contribution in [3.63, 3.8) is 0 Å². The van der Waals surface area contributed by atoms with E-state index in [1.54, 1.807) is 24.3 Å². The Labute approximate surface area is 300 Å². The van der Waals surface area contributed by atoms with Gasteiger partial charge < -0.3 is 9.47 Å². The topological polar surface area (TPSA) is 18.5 Å². The van der Waals surface area contributed by atoms with Crippen molar-refractivity contribution < 1.29 is 53.4 Å². The van der Waals surface area contributed by atoms with Gasteiger partial charge in [0, 0.05) is 11.1 Å². The van der Waals surface area contributed by atoms with Gasteiger partial charge >= 0.3 is 12.7 Å². The Balaban J connectivity index is 0.000000204. The molecule has 2 aliphatic carbocycles. The van der Waals surface area contributed by atoms with Crippen LogP contribution in [0.15, 0.2) is 72.8 Å². The van der Waals surface area contributed by atoms with Crippen LogP contribution in [0.25, 0.3) is 11.1 Å². The van der Waals surface area contributed by atoms with E-state index in [2.05, 4.69) is 16.4 Å². The fourth-order valence-electron chi connectivity index (χ4n) is 6.49. The van der Waals surface area contributed by atoms with Gasteiger partial charge in [0.2, 0.25) is 0 Å². The highest BCUT2D eigenvalue weighted by Crippen LogP contribution is 2.37. The maximum atomic E-state index is 14.5. The third-order valence-electron chi connectivity index (χ3n) is 9.04. The number of aryl methyl sites for hydroxylation is 2. The zero-order valence-corrected chi connectivity index (χ0v) is 28.9. The summed E-state index contributed by atoms with van der Waals surface area (Å²) in [6.07, 6.45) is -1.40. The summed E-state index contributed by atoms with van der Waals surface area (Å²) in [5.41, 5.74) is 5.48. The minimum atomic E-state index is -4.95. The predicted octanol–water partition coefficient (Wildman–Crippen LogP) is 12.4. The van der Waals surface area contributed by atoms with E-state index < -0.39 is 35.9 Å². The van der Waals surface area contributed by atoms with E-state index in [9.17, 15) is 43.9 Å². The second-order valence-corrected chi connectivity index (χ2v) is 12.8. The van der Waals surface area contributed by atoms with Gasteiger partial charge in [-0.3, -0.25) is 0 Å². The lowest BCUT2D eigenvalue weighted by Crippen LogP contribution is -2.19.